The monoisotopic (exact) mass is 433 g/mol. The molecule has 1 unspecified atom stereocenters. The second-order valence-electron chi connectivity index (χ2n) is 7.85. The molecule has 0 saturated heterocycles. The number of nitrogens with one attached hydrogen (secondary N) is 1. The average Bonchev–Trinajstić information content (AvgIpc) is 3.49. The number of hydrogen-bond donors (Lipinski definition) is 1. The first-order valence-corrected chi connectivity index (χ1v) is 10.4. The van der Waals surface area contributed by atoms with Gasteiger partial charge in [0.1, 0.15) is 29.2 Å². The normalized spacial score (nSPS) is 13.7. The Bertz CT molecular complexity index is 1310. The molecule has 0 bridgehead atoms. The molecule has 0 saturated carbocycles. The Labute approximate surface area is 183 Å². The van der Waals surface area contributed by atoms with E-state index in [1.54, 1.807) is 47.3 Å². The maximum Gasteiger partial charge on any atom is 0.272 e. The van der Waals surface area contributed by atoms with E-state index in [4.69, 9.17) is 0 Å². The molecule has 1 aliphatic rings. The van der Waals surface area contributed by atoms with Crippen molar-refractivity contribution in [2.45, 2.75) is 25.3 Å². The standard InChI is InChI=1S/C24H21F2N5O/c1-30-13-12-27-23(30)21(15-6-4-7-16(25)14-15)28-24(32)22-17-8-5-11-19(17)31(29-22)20-10-3-2-9-18(20)26/h2-4,6-7,9-10,12-14,21H,5,8,11H2,1H3,(H,28,32). The minimum absolute atomic E-state index is 0.261. The molecule has 0 aliphatic heterocycles. The third kappa shape index (κ3) is 3.47. The van der Waals surface area contributed by atoms with Gasteiger partial charge in [0.05, 0.1) is 0 Å². The number of fused-ring (bicyclic) bond motifs is 1. The summed E-state index contributed by atoms with van der Waals surface area (Å²) in [6.07, 6.45) is 5.67. The van der Waals surface area contributed by atoms with Gasteiger partial charge in [-0.05, 0) is 49.1 Å². The molecule has 162 valence electrons. The molecule has 8 heteroatoms. The summed E-state index contributed by atoms with van der Waals surface area (Å²) in [5.41, 5.74) is 2.81. The summed E-state index contributed by atoms with van der Waals surface area (Å²) in [5, 5.41) is 7.46. The zero-order chi connectivity index (χ0) is 22.2. The number of imidazole rings is 1. The molecule has 32 heavy (non-hydrogen) atoms. The number of para-hydroxylation sites is 1. The van der Waals surface area contributed by atoms with Crippen LogP contribution in [0.1, 0.15) is 45.6 Å². The van der Waals surface area contributed by atoms with Gasteiger partial charge in [0.15, 0.2) is 5.69 Å². The lowest BCUT2D eigenvalue weighted by Crippen LogP contribution is -2.32. The Morgan fingerprint density at radius 3 is 2.72 bits per heavy atom. The highest BCUT2D eigenvalue weighted by atomic mass is 19.1. The van der Waals surface area contributed by atoms with E-state index in [-0.39, 0.29) is 5.69 Å². The van der Waals surface area contributed by atoms with Crippen molar-refractivity contribution in [1.82, 2.24) is 24.6 Å². The first kappa shape index (κ1) is 20.1. The Kier molecular flexibility index (Phi) is 5.05. The lowest BCUT2D eigenvalue weighted by molar-refractivity contribution is 0.0934. The number of carbonyl (C=O) groups excluding carboxylic acids is 1. The molecule has 1 amide bonds. The van der Waals surface area contributed by atoms with Crippen molar-refractivity contribution in [1.29, 1.82) is 0 Å². The summed E-state index contributed by atoms with van der Waals surface area (Å²) in [7, 11) is 1.81. The minimum Gasteiger partial charge on any atom is -0.337 e. The van der Waals surface area contributed by atoms with Gasteiger partial charge in [0.25, 0.3) is 5.91 Å². The van der Waals surface area contributed by atoms with Crippen LogP contribution >= 0.6 is 0 Å². The molecule has 2 heterocycles. The highest BCUT2D eigenvalue weighted by molar-refractivity contribution is 5.94. The fourth-order valence-electron chi connectivity index (χ4n) is 4.28. The quantitative estimate of drug-likeness (QED) is 0.519. The van der Waals surface area contributed by atoms with Crippen LogP contribution in [0.3, 0.4) is 0 Å². The number of amides is 1. The van der Waals surface area contributed by atoms with Gasteiger partial charge in [-0.1, -0.05) is 24.3 Å². The van der Waals surface area contributed by atoms with Crippen molar-refractivity contribution in [2.24, 2.45) is 7.05 Å². The highest BCUT2D eigenvalue weighted by Crippen LogP contribution is 2.30. The van der Waals surface area contributed by atoms with E-state index in [0.29, 0.717) is 23.5 Å². The lowest BCUT2D eigenvalue weighted by atomic mass is 10.1. The first-order valence-electron chi connectivity index (χ1n) is 10.4. The fraction of sp³-hybridized carbons (Fsp3) is 0.208. The average molecular weight is 433 g/mol. The van der Waals surface area contributed by atoms with Gasteiger partial charge in [-0.25, -0.2) is 18.4 Å². The number of carbonyl (C=O) groups is 1. The summed E-state index contributed by atoms with van der Waals surface area (Å²) in [6.45, 7) is 0. The predicted molar refractivity (Wildman–Crippen MR) is 114 cm³/mol. The molecule has 2 aromatic carbocycles. The number of nitrogens with zero attached hydrogens (tertiary/aromatic N) is 4. The molecular weight excluding hydrogens is 412 g/mol. The molecule has 2 aromatic heterocycles. The zero-order valence-corrected chi connectivity index (χ0v) is 17.4. The molecular formula is C24H21F2N5O. The van der Waals surface area contributed by atoms with Crippen LogP contribution < -0.4 is 5.32 Å². The summed E-state index contributed by atoms with van der Waals surface area (Å²) >= 11 is 0. The molecule has 0 spiro atoms. The zero-order valence-electron chi connectivity index (χ0n) is 17.4. The molecule has 0 radical (unpaired) electrons. The first-order chi connectivity index (χ1) is 15.5. The SMILES string of the molecule is Cn1ccnc1C(NC(=O)c1nn(-c2ccccc2F)c2c1CCC2)c1cccc(F)c1. The van der Waals surface area contributed by atoms with Gasteiger partial charge in [-0.2, -0.15) is 5.10 Å². The van der Waals surface area contributed by atoms with Crippen molar-refractivity contribution in [3.8, 4) is 5.69 Å². The molecule has 0 fully saturated rings. The van der Waals surface area contributed by atoms with Crippen LogP contribution in [0.5, 0.6) is 0 Å². The van der Waals surface area contributed by atoms with Crippen LogP contribution in [0.15, 0.2) is 60.9 Å². The second-order valence-corrected chi connectivity index (χ2v) is 7.85. The van der Waals surface area contributed by atoms with Crippen LogP contribution in [0.25, 0.3) is 5.69 Å². The van der Waals surface area contributed by atoms with Gasteiger partial charge in [0, 0.05) is 30.7 Å². The van der Waals surface area contributed by atoms with Gasteiger partial charge < -0.3 is 9.88 Å². The van der Waals surface area contributed by atoms with Crippen LogP contribution in [-0.2, 0) is 19.9 Å². The predicted octanol–water partition coefficient (Wildman–Crippen LogP) is 3.89. The second kappa shape index (κ2) is 8.03. The smallest absolute Gasteiger partial charge is 0.272 e. The maximum absolute atomic E-state index is 14.4. The van der Waals surface area contributed by atoms with Crippen molar-refractivity contribution < 1.29 is 13.6 Å². The third-order valence-corrected chi connectivity index (χ3v) is 5.80. The minimum atomic E-state index is -0.672. The summed E-state index contributed by atoms with van der Waals surface area (Å²) < 4.78 is 31.7. The van der Waals surface area contributed by atoms with Gasteiger partial charge in [-0.15, -0.1) is 0 Å². The van der Waals surface area contributed by atoms with E-state index in [9.17, 15) is 13.6 Å². The Hall–Kier alpha value is -3.81. The van der Waals surface area contributed by atoms with E-state index in [1.807, 2.05) is 7.05 Å². The van der Waals surface area contributed by atoms with Crippen molar-refractivity contribution in [2.75, 3.05) is 0 Å². The van der Waals surface area contributed by atoms with Crippen LogP contribution in [0, 0.1) is 11.6 Å². The maximum atomic E-state index is 14.4. The van der Waals surface area contributed by atoms with Crippen LogP contribution in [-0.4, -0.2) is 25.2 Å². The van der Waals surface area contributed by atoms with Gasteiger partial charge in [-0.3, -0.25) is 4.79 Å². The largest absolute Gasteiger partial charge is 0.337 e. The highest BCUT2D eigenvalue weighted by Gasteiger charge is 2.30. The van der Waals surface area contributed by atoms with Crippen molar-refractivity contribution in [3.63, 3.8) is 0 Å². The Morgan fingerprint density at radius 2 is 1.97 bits per heavy atom. The molecule has 1 aliphatic carbocycles. The molecule has 6 nitrogen and oxygen atoms in total. The van der Waals surface area contributed by atoms with Gasteiger partial charge >= 0.3 is 0 Å². The van der Waals surface area contributed by atoms with E-state index in [1.165, 1.54) is 22.9 Å². The van der Waals surface area contributed by atoms with E-state index in [0.717, 1.165) is 24.1 Å². The van der Waals surface area contributed by atoms with Crippen LogP contribution in [0.2, 0.25) is 0 Å². The molecule has 1 N–H and O–H groups in total. The summed E-state index contributed by atoms with van der Waals surface area (Å²) in [5.74, 6) is -0.646. The van der Waals surface area contributed by atoms with Crippen molar-refractivity contribution in [3.05, 3.63) is 101 Å². The number of hydrogen-bond acceptors (Lipinski definition) is 3. The fourth-order valence-corrected chi connectivity index (χ4v) is 4.28. The molecule has 4 aromatic rings. The van der Waals surface area contributed by atoms with Crippen LogP contribution in [0.4, 0.5) is 8.78 Å². The van der Waals surface area contributed by atoms with Crippen molar-refractivity contribution >= 4 is 5.91 Å². The third-order valence-electron chi connectivity index (χ3n) is 5.80. The van der Waals surface area contributed by atoms with E-state index in [2.05, 4.69) is 15.4 Å². The Morgan fingerprint density at radius 1 is 1.12 bits per heavy atom. The van der Waals surface area contributed by atoms with Gasteiger partial charge in [0.2, 0.25) is 0 Å². The number of aryl methyl sites for hydroxylation is 1. The summed E-state index contributed by atoms with van der Waals surface area (Å²) in [4.78, 5) is 17.8. The number of rotatable bonds is 5. The number of benzene rings is 2. The Balaban J connectivity index is 1.54. The topological polar surface area (TPSA) is 64.7 Å². The molecule has 1 atom stereocenters. The summed E-state index contributed by atoms with van der Waals surface area (Å²) in [6, 6.07) is 11.8. The van der Waals surface area contributed by atoms with E-state index < -0.39 is 23.6 Å². The van der Waals surface area contributed by atoms with E-state index >= 15 is 0 Å². The lowest BCUT2D eigenvalue weighted by Gasteiger charge is -2.19. The number of aromatic nitrogens is 4. The number of halogens is 2. The molecule has 5 rings (SSSR count).